The van der Waals surface area contributed by atoms with Gasteiger partial charge in [-0.1, -0.05) is 36.4 Å². The molecule has 0 saturated carbocycles. The number of para-hydroxylation sites is 1. The van der Waals surface area contributed by atoms with Crippen molar-refractivity contribution >= 4 is 26.6 Å². The van der Waals surface area contributed by atoms with Crippen molar-refractivity contribution in [2.24, 2.45) is 0 Å². The number of carbonyl (C=O) groups excluding carboxylic acids is 1. The lowest BCUT2D eigenvalue weighted by molar-refractivity contribution is -0.143. The number of hydrogen-bond donors (Lipinski definition) is 0. The van der Waals surface area contributed by atoms with E-state index in [1.54, 1.807) is 39.8 Å². The van der Waals surface area contributed by atoms with E-state index >= 15 is 0 Å². The minimum absolute atomic E-state index is 0.0230. The minimum atomic E-state index is -3.83. The van der Waals surface area contributed by atoms with Crippen molar-refractivity contribution in [3.63, 3.8) is 0 Å². The van der Waals surface area contributed by atoms with Crippen LogP contribution in [0.1, 0.15) is 19.4 Å². The molecule has 0 bridgehead atoms. The van der Waals surface area contributed by atoms with Crippen LogP contribution in [0.3, 0.4) is 0 Å². The highest BCUT2D eigenvalue weighted by molar-refractivity contribution is 7.90. The minimum Gasteiger partial charge on any atom is -0.372 e. The average molecular weight is 445 g/mol. The molecule has 1 aromatic heterocycles. The number of morpholine rings is 1. The molecule has 1 saturated heterocycles. The van der Waals surface area contributed by atoms with Crippen LogP contribution in [0.4, 0.5) is 4.39 Å². The molecule has 31 heavy (non-hydrogen) atoms. The van der Waals surface area contributed by atoms with Gasteiger partial charge in [0.05, 0.1) is 22.9 Å². The summed E-state index contributed by atoms with van der Waals surface area (Å²) in [5, 5.41) is 0.523. The first-order valence-corrected chi connectivity index (χ1v) is 11.9. The van der Waals surface area contributed by atoms with Crippen LogP contribution in [-0.4, -0.2) is 49.1 Å². The number of carbonyl (C=O) groups is 1. The van der Waals surface area contributed by atoms with Crippen LogP contribution in [-0.2, 0) is 31.7 Å². The third-order valence-electron chi connectivity index (χ3n) is 5.47. The lowest BCUT2D eigenvalue weighted by Gasteiger charge is -2.35. The summed E-state index contributed by atoms with van der Waals surface area (Å²) in [6, 6.07) is 12.9. The van der Waals surface area contributed by atoms with Crippen LogP contribution >= 0.6 is 0 Å². The molecule has 1 fully saturated rings. The molecule has 3 aromatic rings. The molecular formula is C23H25FN2O4S. The summed E-state index contributed by atoms with van der Waals surface area (Å²) in [5.74, 6) is -1.10. The highest BCUT2D eigenvalue weighted by Gasteiger charge is 2.28. The van der Waals surface area contributed by atoms with E-state index in [4.69, 9.17) is 4.74 Å². The molecule has 6 nitrogen and oxygen atoms in total. The molecule has 2 aromatic carbocycles. The van der Waals surface area contributed by atoms with E-state index in [1.165, 1.54) is 24.4 Å². The molecule has 4 rings (SSSR count). The van der Waals surface area contributed by atoms with E-state index < -0.39 is 21.4 Å². The third kappa shape index (κ3) is 4.50. The first-order chi connectivity index (χ1) is 14.7. The number of sulfone groups is 1. The van der Waals surface area contributed by atoms with Crippen LogP contribution in [0.15, 0.2) is 59.6 Å². The van der Waals surface area contributed by atoms with E-state index in [0.29, 0.717) is 24.0 Å². The van der Waals surface area contributed by atoms with Crippen LogP contribution < -0.4 is 0 Å². The number of benzene rings is 2. The fraction of sp³-hybridized carbons (Fsp3) is 0.348. The summed E-state index contributed by atoms with van der Waals surface area (Å²) >= 11 is 0. The second-order valence-electron chi connectivity index (χ2n) is 8.04. The molecule has 0 spiro atoms. The zero-order chi connectivity index (χ0) is 22.2. The number of fused-ring (bicyclic) bond motifs is 1. The van der Waals surface area contributed by atoms with Gasteiger partial charge in [0, 0.05) is 35.8 Å². The van der Waals surface area contributed by atoms with Crippen molar-refractivity contribution in [3.05, 3.63) is 66.1 Å². The van der Waals surface area contributed by atoms with Crippen LogP contribution in [0.5, 0.6) is 0 Å². The van der Waals surface area contributed by atoms with Gasteiger partial charge in [-0.3, -0.25) is 4.79 Å². The standard InChI is InChI=1S/C23H25FN2O4S/c1-16-11-26(12-17(2)30-16)23(27)14-25-13-22(19-8-4-6-10-21(19)25)31(28,29)15-18-7-3-5-9-20(18)24/h3-10,13,16-17H,11-12,14-15H2,1-2H3/t16-,17-/m1/s1. The number of hydrogen-bond acceptors (Lipinski definition) is 4. The number of ether oxygens (including phenoxy) is 1. The largest absolute Gasteiger partial charge is 0.372 e. The lowest BCUT2D eigenvalue weighted by atomic mass is 10.2. The van der Waals surface area contributed by atoms with Crippen molar-refractivity contribution < 1.29 is 22.3 Å². The molecule has 1 aliphatic rings. The first-order valence-electron chi connectivity index (χ1n) is 10.2. The van der Waals surface area contributed by atoms with E-state index in [0.717, 1.165) is 0 Å². The van der Waals surface area contributed by atoms with Gasteiger partial charge < -0.3 is 14.2 Å². The van der Waals surface area contributed by atoms with E-state index in [2.05, 4.69) is 0 Å². The van der Waals surface area contributed by atoms with Gasteiger partial charge >= 0.3 is 0 Å². The zero-order valence-corrected chi connectivity index (χ0v) is 18.3. The van der Waals surface area contributed by atoms with Crippen LogP contribution in [0.2, 0.25) is 0 Å². The van der Waals surface area contributed by atoms with E-state index in [1.807, 2.05) is 13.8 Å². The molecule has 0 radical (unpaired) electrons. The number of rotatable bonds is 5. The van der Waals surface area contributed by atoms with Gasteiger partial charge in [0.15, 0.2) is 9.84 Å². The molecule has 0 aliphatic carbocycles. The molecule has 0 unspecified atom stereocenters. The number of halogens is 1. The van der Waals surface area contributed by atoms with Gasteiger partial charge in [0.25, 0.3) is 0 Å². The summed E-state index contributed by atoms with van der Waals surface area (Å²) in [5.41, 5.74) is 0.768. The van der Waals surface area contributed by atoms with Gasteiger partial charge in [-0.05, 0) is 26.0 Å². The third-order valence-corrected chi connectivity index (χ3v) is 7.15. The summed E-state index contributed by atoms with van der Waals surface area (Å²) in [4.78, 5) is 14.8. The van der Waals surface area contributed by atoms with Gasteiger partial charge in [0.1, 0.15) is 12.4 Å². The Bertz CT molecular complexity index is 1210. The summed E-state index contributed by atoms with van der Waals surface area (Å²) in [6.07, 6.45) is 1.39. The smallest absolute Gasteiger partial charge is 0.242 e. The first kappa shape index (κ1) is 21.5. The second-order valence-corrected chi connectivity index (χ2v) is 10.0. The Labute approximate surface area is 181 Å². The van der Waals surface area contributed by atoms with E-state index in [9.17, 15) is 17.6 Å². The predicted octanol–water partition coefficient (Wildman–Crippen LogP) is 3.39. The zero-order valence-electron chi connectivity index (χ0n) is 17.5. The molecule has 2 atom stereocenters. The average Bonchev–Trinajstić information content (AvgIpc) is 3.08. The summed E-state index contributed by atoms with van der Waals surface area (Å²) in [7, 11) is -3.83. The molecule has 1 aliphatic heterocycles. The fourth-order valence-electron chi connectivity index (χ4n) is 4.12. The molecule has 1 amide bonds. The molecule has 8 heteroatoms. The van der Waals surface area contributed by atoms with Crippen molar-refractivity contribution in [2.45, 2.75) is 43.2 Å². The topological polar surface area (TPSA) is 68.6 Å². The van der Waals surface area contributed by atoms with E-state index in [-0.39, 0.29) is 35.1 Å². The Morgan fingerprint density at radius 2 is 1.71 bits per heavy atom. The molecule has 2 heterocycles. The second kappa shape index (κ2) is 8.43. The summed E-state index contributed by atoms with van der Waals surface area (Å²) in [6.45, 7) is 4.87. The fourth-order valence-corrected chi connectivity index (χ4v) is 5.71. The Morgan fingerprint density at radius 1 is 1.06 bits per heavy atom. The number of aromatic nitrogens is 1. The van der Waals surface area contributed by atoms with Crippen LogP contribution in [0, 0.1) is 5.82 Å². The van der Waals surface area contributed by atoms with Gasteiger partial charge in [0.2, 0.25) is 5.91 Å². The maximum absolute atomic E-state index is 14.1. The Kier molecular flexibility index (Phi) is 5.85. The van der Waals surface area contributed by atoms with Crippen molar-refractivity contribution in [1.29, 1.82) is 0 Å². The number of nitrogens with zero attached hydrogens (tertiary/aromatic N) is 2. The van der Waals surface area contributed by atoms with Crippen molar-refractivity contribution in [2.75, 3.05) is 13.1 Å². The van der Waals surface area contributed by atoms with Crippen molar-refractivity contribution in [1.82, 2.24) is 9.47 Å². The highest BCUT2D eigenvalue weighted by Crippen LogP contribution is 2.29. The molecule has 0 N–H and O–H groups in total. The molecular weight excluding hydrogens is 419 g/mol. The normalized spacial score (nSPS) is 19.6. The SMILES string of the molecule is C[C@@H]1CN(C(=O)Cn2cc(S(=O)(=O)Cc3ccccc3F)c3ccccc32)C[C@@H](C)O1. The number of amides is 1. The van der Waals surface area contributed by atoms with Crippen LogP contribution in [0.25, 0.3) is 10.9 Å². The van der Waals surface area contributed by atoms with Gasteiger partial charge in [-0.15, -0.1) is 0 Å². The van der Waals surface area contributed by atoms with Gasteiger partial charge in [-0.2, -0.15) is 0 Å². The molecule has 164 valence electrons. The highest BCUT2D eigenvalue weighted by atomic mass is 32.2. The van der Waals surface area contributed by atoms with Gasteiger partial charge in [-0.25, -0.2) is 12.8 Å². The quantitative estimate of drug-likeness (QED) is 0.605. The maximum Gasteiger partial charge on any atom is 0.242 e. The Morgan fingerprint density at radius 3 is 2.42 bits per heavy atom. The lowest BCUT2D eigenvalue weighted by Crippen LogP contribution is -2.49. The Hall–Kier alpha value is -2.71. The Balaban J connectivity index is 1.66. The predicted molar refractivity (Wildman–Crippen MR) is 116 cm³/mol. The monoisotopic (exact) mass is 444 g/mol. The van der Waals surface area contributed by atoms with Crippen molar-refractivity contribution in [3.8, 4) is 0 Å². The summed E-state index contributed by atoms with van der Waals surface area (Å²) < 4.78 is 47.7. The maximum atomic E-state index is 14.1.